The van der Waals surface area contributed by atoms with Crippen LogP contribution in [0.15, 0.2) is 24.3 Å². The van der Waals surface area contributed by atoms with Crippen molar-refractivity contribution in [3.8, 4) is 0 Å². The Morgan fingerprint density at radius 3 is 2.19 bits per heavy atom. The number of aliphatic carboxylic acids is 1. The molecule has 0 saturated heterocycles. The Morgan fingerprint density at radius 1 is 1.24 bits per heavy atom. The van der Waals surface area contributed by atoms with Gasteiger partial charge in [0, 0.05) is 11.2 Å². The summed E-state index contributed by atoms with van der Waals surface area (Å²) in [5, 5.41) is 8.76. The SMILES string of the molecule is CC(CC(=O)O)c1ccc(NS(=O)(=O)NC(C)(C)C)cc1. The van der Waals surface area contributed by atoms with Gasteiger partial charge in [-0.15, -0.1) is 0 Å². The maximum absolute atomic E-state index is 11.9. The van der Waals surface area contributed by atoms with Crippen LogP contribution < -0.4 is 9.44 Å². The number of carboxylic acids is 1. The molecule has 0 bridgehead atoms. The van der Waals surface area contributed by atoms with Crippen molar-refractivity contribution in [2.24, 2.45) is 0 Å². The fraction of sp³-hybridized carbons (Fsp3) is 0.500. The molecule has 0 saturated carbocycles. The summed E-state index contributed by atoms with van der Waals surface area (Å²) >= 11 is 0. The molecule has 21 heavy (non-hydrogen) atoms. The van der Waals surface area contributed by atoms with Crippen LogP contribution >= 0.6 is 0 Å². The number of hydrogen-bond acceptors (Lipinski definition) is 3. The molecule has 3 N–H and O–H groups in total. The van der Waals surface area contributed by atoms with Crippen LogP contribution in [0.2, 0.25) is 0 Å². The second kappa shape index (κ2) is 6.44. The first-order valence-corrected chi connectivity index (χ1v) is 8.10. The molecule has 6 nitrogen and oxygen atoms in total. The zero-order chi connectivity index (χ0) is 16.3. The highest BCUT2D eigenvalue weighted by atomic mass is 32.2. The fourth-order valence-corrected chi connectivity index (χ4v) is 3.15. The predicted octanol–water partition coefficient (Wildman–Crippen LogP) is 2.31. The van der Waals surface area contributed by atoms with Gasteiger partial charge in [-0.3, -0.25) is 9.52 Å². The Kier molecular flexibility index (Phi) is 5.36. The molecular weight excluding hydrogens is 292 g/mol. The molecule has 1 aromatic carbocycles. The van der Waals surface area contributed by atoms with Crippen molar-refractivity contribution in [3.63, 3.8) is 0 Å². The van der Waals surface area contributed by atoms with Crippen molar-refractivity contribution in [2.75, 3.05) is 4.72 Å². The van der Waals surface area contributed by atoms with E-state index in [9.17, 15) is 13.2 Å². The Balaban J connectivity index is 2.77. The van der Waals surface area contributed by atoms with E-state index >= 15 is 0 Å². The first-order valence-electron chi connectivity index (χ1n) is 6.62. The number of anilines is 1. The lowest BCUT2D eigenvalue weighted by Crippen LogP contribution is -2.43. The third-order valence-electron chi connectivity index (χ3n) is 2.65. The van der Waals surface area contributed by atoms with Crippen LogP contribution in [0, 0.1) is 0 Å². The largest absolute Gasteiger partial charge is 0.481 e. The highest BCUT2D eigenvalue weighted by Crippen LogP contribution is 2.21. The average molecular weight is 314 g/mol. The molecule has 118 valence electrons. The van der Waals surface area contributed by atoms with Gasteiger partial charge in [-0.1, -0.05) is 19.1 Å². The number of carbonyl (C=O) groups is 1. The molecule has 0 aromatic heterocycles. The van der Waals surface area contributed by atoms with Gasteiger partial charge in [-0.25, -0.2) is 0 Å². The van der Waals surface area contributed by atoms with E-state index < -0.39 is 21.7 Å². The van der Waals surface area contributed by atoms with E-state index in [0.717, 1.165) is 5.56 Å². The maximum atomic E-state index is 11.9. The first kappa shape index (κ1) is 17.5. The van der Waals surface area contributed by atoms with E-state index in [4.69, 9.17) is 5.11 Å². The molecule has 0 aliphatic carbocycles. The van der Waals surface area contributed by atoms with Gasteiger partial charge < -0.3 is 5.11 Å². The van der Waals surface area contributed by atoms with Gasteiger partial charge >= 0.3 is 5.97 Å². The Labute approximate surface area is 125 Å². The van der Waals surface area contributed by atoms with Crippen molar-refractivity contribution in [1.82, 2.24) is 4.72 Å². The molecule has 0 radical (unpaired) electrons. The number of hydrogen-bond donors (Lipinski definition) is 3. The summed E-state index contributed by atoms with van der Waals surface area (Å²) in [6, 6.07) is 6.69. The second-order valence-corrected chi connectivity index (χ2v) is 7.49. The average Bonchev–Trinajstić information content (AvgIpc) is 2.24. The van der Waals surface area contributed by atoms with E-state index in [0.29, 0.717) is 5.69 Å². The number of nitrogens with one attached hydrogen (secondary N) is 2. The van der Waals surface area contributed by atoms with Gasteiger partial charge in [0.1, 0.15) is 0 Å². The van der Waals surface area contributed by atoms with Crippen LogP contribution in [0.5, 0.6) is 0 Å². The van der Waals surface area contributed by atoms with E-state index in [-0.39, 0.29) is 12.3 Å². The van der Waals surface area contributed by atoms with Gasteiger partial charge in [0.15, 0.2) is 0 Å². The monoisotopic (exact) mass is 314 g/mol. The summed E-state index contributed by atoms with van der Waals surface area (Å²) in [4.78, 5) is 10.7. The van der Waals surface area contributed by atoms with Crippen molar-refractivity contribution < 1.29 is 18.3 Å². The molecule has 1 rings (SSSR count). The predicted molar refractivity (Wildman–Crippen MR) is 82.5 cm³/mol. The van der Waals surface area contributed by atoms with Gasteiger partial charge in [0.2, 0.25) is 0 Å². The molecule has 0 amide bonds. The van der Waals surface area contributed by atoms with Crippen LogP contribution in [-0.2, 0) is 15.0 Å². The van der Waals surface area contributed by atoms with Crippen LogP contribution in [0.25, 0.3) is 0 Å². The summed E-state index contributed by atoms with van der Waals surface area (Å²) in [6.07, 6.45) is 0.0383. The lowest BCUT2D eigenvalue weighted by Gasteiger charge is -2.21. The van der Waals surface area contributed by atoms with Crippen molar-refractivity contribution in [1.29, 1.82) is 0 Å². The first-order chi connectivity index (χ1) is 9.48. The topological polar surface area (TPSA) is 95.5 Å². The van der Waals surface area contributed by atoms with Crippen LogP contribution in [-0.4, -0.2) is 25.0 Å². The zero-order valence-electron chi connectivity index (χ0n) is 12.7. The Bertz CT molecular complexity index is 588. The van der Waals surface area contributed by atoms with Gasteiger partial charge in [-0.05, 0) is 44.4 Å². The van der Waals surface area contributed by atoms with E-state index in [1.54, 1.807) is 45.0 Å². The third-order valence-corrected chi connectivity index (χ3v) is 4.04. The third kappa shape index (κ3) is 6.59. The molecule has 1 atom stereocenters. The summed E-state index contributed by atoms with van der Waals surface area (Å²) in [7, 11) is -3.64. The maximum Gasteiger partial charge on any atom is 0.303 e. The molecule has 0 spiro atoms. The normalized spacial score (nSPS) is 13.7. The lowest BCUT2D eigenvalue weighted by atomic mass is 9.98. The summed E-state index contributed by atoms with van der Waals surface area (Å²) in [5.41, 5.74) is 0.712. The van der Waals surface area contributed by atoms with E-state index in [1.807, 2.05) is 6.92 Å². The molecule has 0 aliphatic heterocycles. The summed E-state index contributed by atoms with van der Waals surface area (Å²) in [5.74, 6) is -0.984. The van der Waals surface area contributed by atoms with Gasteiger partial charge in [0.05, 0.1) is 6.42 Å². The van der Waals surface area contributed by atoms with Gasteiger partial charge in [-0.2, -0.15) is 13.1 Å². The van der Waals surface area contributed by atoms with Crippen LogP contribution in [0.1, 0.15) is 45.6 Å². The fourth-order valence-electron chi connectivity index (χ4n) is 1.84. The molecule has 0 heterocycles. The highest BCUT2D eigenvalue weighted by Gasteiger charge is 2.19. The van der Waals surface area contributed by atoms with Crippen LogP contribution in [0.3, 0.4) is 0 Å². The summed E-state index contributed by atoms with van der Waals surface area (Å²) < 4.78 is 28.7. The number of benzene rings is 1. The van der Waals surface area contributed by atoms with E-state index in [2.05, 4.69) is 9.44 Å². The van der Waals surface area contributed by atoms with Gasteiger partial charge in [0.25, 0.3) is 10.2 Å². The molecule has 7 heteroatoms. The Morgan fingerprint density at radius 2 is 1.76 bits per heavy atom. The molecule has 1 aromatic rings. The Hall–Kier alpha value is -1.60. The van der Waals surface area contributed by atoms with E-state index in [1.165, 1.54) is 0 Å². The summed E-state index contributed by atoms with van der Waals surface area (Å²) in [6.45, 7) is 7.07. The second-order valence-electron chi connectivity index (χ2n) is 6.08. The minimum absolute atomic E-state index is 0.0383. The molecule has 0 aliphatic rings. The lowest BCUT2D eigenvalue weighted by molar-refractivity contribution is -0.137. The zero-order valence-corrected chi connectivity index (χ0v) is 13.5. The van der Waals surface area contributed by atoms with Crippen LogP contribution in [0.4, 0.5) is 5.69 Å². The minimum atomic E-state index is -3.64. The van der Waals surface area contributed by atoms with Crippen molar-refractivity contribution in [2.45, 2.75) is 45.6 Å². The van der Waals surface area contributed by atoms with Crippen molar-refractivity contribution >= 4 is 21.9 Å². The minimum Gasteiger partial charge on any atom is -0.481 e. The van der Waals surface area contributed by atoms with Crippen molar-refractivity contribution in [3.05, 3.63) is 29.8 Å². The standard InChI is InChI=1S/C14H22N2O4S/c1-10(9-13(17)18)11-5-7-12(8-6-11)15-21(19,20)16-14(2,3)4/h5-8,10,15-16H,9H2,1-4H3,(H,17,18). The number of carboxylic acid groups (broad SMARTS) is 1. The number of rotatable bonds is 6. The quantitative estimate of drug-likeness (QED) is 0.751. The molecular formula is C14H22N2O4S. The molecule has 1 unspecified atom stereocenters. The smallest absolute Gasteiger partial charge is 0.303 e. The molecule has 0 fully saturated rings. The highest BCUT2D eigenvalue weighted by molar-refractivity contribution is 7.90.